The van der Waals surface area contributed by atoms with Gasteiger partial charge in [0.05, 0.1) is 11.4 Å². The highest BCUT2D eigenvalue weighted by Gasteiger charge is 2.29. The first-order valence-electron chi connectivity index (χ1n) is 7.56. The Labute approximate surface area is 131 Å². The zero-order chi connectivity index (χ0) is 15.7. The Morgan fingerprint density at radius 1 is 1.32 bits per heavy atom. The minimum Gasteiger partial charge on any atom is -0.267 e. The first-order valence-corrected chi connectivity index (χ1v) is 7.56. The van der Waals surface area contributed by atoms with E-state index in [1.165, 1.54) is 11.1 Å². The number of carbonyl (C=O) groups is 1. The summed E-state index contributed by atoms with van der Waals surface area (Å²) >= 11 is 0. The molecule has 1 unspecified atom stereocenters. The number of allylic oxidation sites excluding steroid dienone is 2. The first-order chi connectivity index (χ1) is 10.6. The van der Waals surface area contributed by atoms with Crippen molar-refractivity contribution in [3.63, 3.8) is 0 Å². The Morgan fingerprint density at radius 2 is 2.05 bits per heavy atom. The van der Waals surface area contributed by atoms with Crippen LogP contribution in [0.2, 0.25) is 0 Å². The van der Waals surface area contributed by atoms with Crippen LogP contribution in [-0.2, 0) is 12.8 Å². The third kappa shape index (κ3) is 2.67. The second-order valence-electron chi connectivity index (χ2n) is 5.96. The molecule has 112 valence electrons. The van der Waals surface area contributed by atoms with E-state index in [-0.39, 0.29) is 5.91 Å². The molecule has 0 radical (unpaired) electrons. The van der Waals surface area contributed by atoms with Crippen molar-refractivity contribution in [2.24, 2.45) is 5.92 Å². The fourth-order valence-corrected chi connectivity index (χ4v) is 2.97. The van der Waals surface area contributed by atoms with E-state index in [1.807, 2.05) is 43.3 Å². The number of rotatable bonds is 3. The lowest BCUT2D eigenvalue weighted by Crippen LogP contribution is -2.14. The molecular weight excluding hydrogens is 272 g/mol. The number of hydrogen-bond donors (Lipinski definition) is 0. The molecule has 1 aliphatic rings. The van der Waals surface area contributed by atoms with Gasteiger partial charge in [0.2, 0.25) is 0 Å². The number of aromatic nitrogens is 2. The van der Waals surface area contributed by atoms with Crippen LogP contribution in [0, 0.1) is 12.8 Å². The van der Waals surface area contributed by atoms with Crippen LogP contribution in [0.15, 0.2) is 48.6 Å². The van der Waals surface area contributed by atoms with Crippen molar-refractivity contribution in [2.45, 2.75) is 26.7 Å². The Morgan fingerprint density at radius 3 is 2.73 bits per heavy atom. The standard InChI is InChI=1S/C19H20N2O/c1-13(2)16-11-17-14(3)20-21(18(17)12-16)19(22)10-9-15-7-5-4-6-8-15/h4-10,16H,1,11-12H2,2-3H3. The Kier molecular flexibility index (Phi) is 3.80. The molecule has 2 aromatic rings. The van der Waals surface area contributed by atoms with Gasteiger partial charge in [0, 0.05) is 6.08 Å². The molecule has 1 heterocycles. The average Bonchev–Trinajstić information content (AvgIpc) is 3.07. The van der Waals surface area contributed by atoms with Crippen LogP contribution in [0.1, 0.15) is 34.2 Å². The minimum atomic E-state index is -0.0874. The Balaban J connectivity index is 1.85. The predicted molar refractivity (Wildman–Crippen MR) is 88.8 cm³/mol. The summed E-state index contributed by atoms with van der Waals surface area (Å²) in [6.45, 7) is 8.08. The van der Waals surface area contributed by atoms with Gasteiger partial charge < -0.3 is 0 Å². The van der Waals surface area contributed by atoms with E-state index in [2.05, 4.69) is 18.6 Å². The van der Waals surface area contributed by atoms with Gasteiger partial charge >= 0.3 is 0 Å². The molecule has 1 aromatic heterocycles. The van der Waals surface area contributed by atoms with E-state index in [9.17, 15) is 4.79 Å². The lowest BCUT2D eigenvalue weighted by molar-refractivity contribution is 0.0951. The zero-order valence-electron chi connectivity index (χ0n) is 13.0. The summed E-state index contributed by atoms with van der Waals surface area (Å²) in [5.41, 5.74) is 5.41. The SMILES string of the molecule is C=C(C)C1Cc2c(C)nn(C(=O)C=Cc3ccccc3)c2C1. The minimum absolute atomic E-state index is 0.0874. The fraction of sp³-hybridized carbons (Fsp3) is 0.263. The first kappa shape index (κ1) is 14.5. The molecule has 3 rings (SSSR count). The van der Waals surface area contributed by atoms with Crippen LogP contribution < -0.4 is 0 Å². The number of carbonyl (C=O) groups excluding carboxylic acids is 1. The molecule has 3 heteroatoms. The molecule has 0 amide bonds. The molecule has 0 N–H and O–H groups in total. The van der Waals surface area contributed by atoms with Gasteiger partial charge in [-0.25, -0.2) is 4.68 Å². The van der Waals surface area contributed by atoms with Crippen molar-refractivity contribution < 1.29 is 4.79 Å². The summed E-state index contributed by atoms with van der Waals surface area (Å²) in [5, 5.41) is 4.42. The number of nitrogens with zero attached hydrogens (tertiary/aromatic N) is 2. The van der Waals surface area contributed by atoms with Gasteiger partial charge in [-0.2, -0.15) is 5.10 Å². The van der Waals surface area contributed by atoms with Gasteiger partial charge in [0.25, 0.3) is 5.91 Å². The second kappa shape index (κ2) is 5.76. The molecule has 1 aromatic carbocycles. The van der Waals surface area contributed by atoms with E-state index < -0.39 is 0 Å². The number of aryl methyl sites for hydroxylation is 1. The summed E-state index contributed by atoms with van der Waals surface area (Å²) < 4.78 is 1.56. The fourth-order valence-electron chi connectivity index (χ4n) is 2.97. The van der Waals surface area contributed by atoms with Crippen LogP contribution in [0.3, 0.4) is 0 Å². The lowest BCUT2D eigenvalue weighted by Gasteiger charge is -2.08. The van der Waals surface area contributed by atoms with Crippen LogP contribution in [-0.4, -0.2) is 15.7 Å². The maximum atomic E-state index is 12.5. The number of hydrogen-bond acceptors (Lipinski definition) is 2. The number of benzene rings is 1. The monoisotopic (exact) mass is 292 g/mol. The Bertz CT molecular complexity index is 753. The van der Waals surface area contributed by atoms with Crippen molar-refractivity contribution in [1.82, 2.24) is 9.78 Å². The van der Waals surface area contributed by atoms with Gasteiger partial charge in [-0.05, 0) is 49.8 Å². The summed E-state index contributed by atoms with van der Waals surface area (Å²) in [4.78, 5) is 12.5. The lowest BCUT2D eigenvalue weighted by atomic mass is 9.99. The van der Waals surface area contributed by atoms with Crippen LogP contribution in [0.4, 0.5) is 0 Å². The van der Waals surface area contributed by atoms with Crippen molar-refractivity contribution in [1.29, 1.82) is 0 Å². The highest BCUT2D eigenvalue weighted by atomic mass is 16.2. The van der Waals surface area contributed by atoms with Gasteiger partial charge in [-0.1, -0.05) is 42.5 Å². The van der Waals surface area contributed by atoms with Gasteiger partial charge in [-0.15, -0.1) is 0 Å². The van der Waals surface area contributed by atoms with E-state index in [0.717, 1.165) is 29.8 Å². The summed E-state index contributed by atoms with van der Waals surface area (Å²) in [5.74, 6) is 0.347. The normalized spacial score (nSPS) is 16.9. The molecule has 0 saturated carbocycles. The van der Waals surface area contributed by atoms with Crippen molar-refractivity contribution in [3.8, 4) is 0 Å². The molecule has 3 nitrogen and oxygen atoms in total. The van der Waals surface area contributed by atoms with Crippen molar-refractivity contribution in [3.05, 3.63) is 71.1 Å². The predicted octanol–water partition coefficient (Wildman–Crippen LogP) is 3.84. The molecule has 0 aliphatic heterocycles. The zero-order valence-corrected chi connectivity index (χ0v) is 13.0. The van der Waals surface area contributed by atoms with Crippen molar-refractivity contribution >= 4 is 12.0 Å². The highest BCUT2D eigenvalue weighted by Crippen LogP contribution is 2.32. The smallest absolute Gasteiger partial charge is 0.267 e. The second-order valence-corrected chi connectivity index (χ2v) is 5.96. The topological polar surface area (TPSA) is 34.9 Å². The molecule has 0 saturated heterocycles. The highest BCUT2D eigenvalue weighted by molar-refractivity contribution is 5.93. The maximum Gasteiger partial charge on any atom is 0.271 e. The number of fused-ring (bicyclic) bond motifs is 1. The molecule has 0 bridgehead atoms. The quantitative estimate of drug-likeness (QED) is 0.636. The third-order valence-corrected chi connectivity index (χ3v) is 4.30. The summed E-state index contributed by atoms with van der Waals surface area (Å²) in [7, 11) is 0. The van der Waals surface area contributed by atoms with E-state index >= 15 is 0 Å². The average molecular weight is 292 g/mol. The molecule has 0 spiro atoms. The van der Waals surface area contributed by atoms with E-state index in [1.54, 1.807) is 10.8 Å². The van der Waals surface area contributed by atoms with E-state index in [0.29, 0.717) is 5.92 Å². The summed E-state index contributed by atoms with van der Waals surface area (Å²) in [6, 6.07) is 9.81. The molecule has 0 fully saturated rings. The van der Waals surface area contributed by atoms with Crippen LogP contribution in [0.5, 0.6) is 0 Å². The van der Waals surface area contributed by atoms with Gasteiger partial charge in [0.1, 0.15) is 0 Å². The van der Waals surface area contributed by atoms with Gasteiger partial charge in [-0.3, -0.25) is 4.79 Å². The summed E-state index contributed by atoms with van der Waals surface area (Å²) in [6.07, 6.45) is 5.23. The third-order valence-electron chi connectivity index (χ3n) is 4.30. The van der Waals surface area contributed by atoms with Crippen LogP contribution >= 0.6 is 0 Å². The molecule has 22 heavy (non-hydrogen) atoms. The van der Waals surface area contributed by atoms with E-state index in [4.69, 9.17) is 0 Å². The Hall–Kier alpha value is -2.42. The largest absolute Gasteiger partial charge is 0.271 e. The van der Waals surface area contributed by atoms with Gasteiger partial charge in [0.15, 0.2) is 0 Å². The maximum absolute atomic E-state index is 12.5. The molecule has 1 atom stereocenters. The van der Waals surface area contributed by atoms with Crippen molar-refractivity contribution in [2.75, 3.05) is 0 Å². The molecule has 1 aliphatic carbocycles. The molecular formula is C19H20N2O. The van der Waals surface area contributed by atoms with Crippen LogP contribution in [0.25, 0.3) is 6.08 Å².